The van der Waals surface area contributed by atoms with Gasteiger partial charge in [0, 0.05) is 6.42 Å². The topological polar surface area (TPSA) is 46.2 Å². The van der Waals surface area contributed by atoms with E-state index in [0.717, 1.165) is 12.8 Å². The predicted octanol–water partition coefficient (Wildman–Crippen LogP) is 4.39. The first kappa shape index (κ1) is 19.1. The van der Waals surface area contributed by atoms with Crippen LogP contribution in [-0.2, 0) is 9.59 Å². The molecule has 0 spiro atoms. The van der Waals surface area contributed by atoms with Crippen LogP contribution in [0.3, 0.4) is 0 Å². The third-order valence-corrected chi connectivity index (χ3v) is 3.54. The second-order valence-corrected chi connectivity index (χ2v) is 5.76. The first-order valence-corrected chi connectivity index (χ1v) is 8.43. The van der Waals surface area contributed by atoms with Crippen molar-refractivity contribution in [2.75, 3.05) is 6.54 Å². The molecular weight excluding hydrogens is 250 g/mol. The van der Waals surface area contributed by atoms with Gasteiger partial charge in [-0.2, -0.15) is 0 Å². The minimum absolute atomic E-state index is 0.0103. The van der Waals surface area contributed by atoms with Crippen molar-refractivity contribution in [1.82, 2.24) is 5.32 Å². The van der Waals surface area contributed by atoms with Gasteiger partial charge in [-0.3, -0.25) is 9.59 Å². The molecule has 0 aliphatic heterocycles. The standard InChI is InChI=1S/C17H33NO2/c1-3-4-5-6-7-8-9-10-11-12-13-14-17(20)18-15-16(2)19/h3-15H2,1-2H3,(H,18,20). The second-order valence-electron chi connectivity index (χ2n) is 5.76. The summed E-state index contributed by atoms with van der Waals surface area (Å²) in [4.78, 5) is 22.0. The number of rotatable bonds is 14. The first-order valence-electron chi connectivity index (χ1n) is 8.43. The number of hydrogen-bond acceptors (Lipinski definition) is 2. The average Bonchev–Trinajstić information content (AvgIpc) is 2.42. The van der Waals surface area contributed by atoms with Crippen molar-refractivity contribution >= 4 is 11.7 Å². The maximum atomic E-state index is 11.3. The molecule has 0 unspecified atom stereocenters. The van der Waals surface area contributed by atoms with Crippen LogP contribution in [0.2, 0.25) is 0 Å². The molecule has 20 heavy (non-hydrogen) atoms. The molecule has 0 aromatic carbocycles. The molecule has 3 nitrogen and oxygen atoms in total. The van der Waals surface area contributed by atoms with Crippen LogP contribution < -0.4 is 5.32 Å². The maximum Gasteiger partial charge on any atom is 0.220 e. The molecule has 0 heterocycles. The molecule has 0 radical (unpaired) electrons. The van der Waals surface area contributed by atoms with Gasteiger partial charge in [0.05, 0.1) is 6.54 Å². The number of ketones is 1. The van der Waals surface area contributed by atoms with Crippen molar-refractivity contribution < 1.29 is 9.59 Å². The highest BCUT2D eigenvalue weighted by molar-refractivity contribution is 5.84. The predicted molar refractivity (Wildman–Crippen MR) is 84.8 cm³/mol. The summed E-state index contributed by atoms with van der Waals surface area (Å²) in [6.07, 6.45) is 14.7. The Morgan fingerprint density at radius 2 is 1.20 bits per heavy atom. The number of hydrogen-bond donors (Lipinski definition) is 1. The van der Waals surface area contributed by atoms with Crippen LogP contribution in [0, 0.1) is 0 Å². The molecule has 0 saturated carbocycles. The van der Waals surface area contributed by atoms with E-state index >= 15 is 0 Å². The molecule has 1 amide bonds. The molecule has 0 aromatic heterocycles. The molecule has 0 fully saturated rings. The SMILES string of the molecule is CCCCCCCCCCCCCC(=O)NCC(C)=O. The summed E-state index contributed by atoms with van der Waals surface area (Å²) in [5, 5.41) is 2.63. The Morgan fingerprint density at radius 1 is 0.750 bits per heavy atom. The molecule has 0 aliphatic rings. The van der Waals surface area contributed by atoms with Gasteiger partial charge in [0.25, 0.3) is 0 Å². The molecule has 0 atom stereocenters. The lowest BCUT2D eigenvalue weighted by molar-refractivity contribution is -0.124. The number of Topliss-reactive ketones (excluding diaryl/α,β-unsaturated/α-hetero) is 1. The minimum atomic E-state index is 0.0103. The van der Waals surface area contributed by atoms with Gasteiger partial charge in [-0.15, -0.1) is 0 Å². The van der Waals surface area contributed by atoms with Crippen molar-refractivity contribution in [3.05, 3.63) is 0 Å². The number of nitrogens with one attached hydrogen (secondary N) is 1. The zero-order valence-corrected chi connectivity index (χ0v) is 13.5. The second kappa shape index (κ2) is 14.5. The monoisotopic (exact) mass is 283 g/mol. The zero-order valence-electron chi connectivity index (χ0n) is 13.5. The van der Waals surface area contributed by atoms with Crippen LogP contribution >= 0.6 is 0 Å². The van der Waals surface area contributed by atoms with Crippen LogP contribution in [0.4, 0.5) is 0 Å². The van der Waals surface area contributed by atoms with Gasteiger partial charge in [0.1, 0.15) is 5.78 Å². The van der Waals surface area contributed by atoms with Crippen molar-refractivity contribution in [3.63, 3.8) is 0 Å². The molecule has 0 bridgehead atoms. The summed E-state index contributed by atoms with van der Waals surface area (Å²) in [5.74, 6) is 0.0217. The van der Waals surface area contributed by atoms with Crippen molar-refractivity contribution in [1.29, 1.82) is 0 Å². The lowest BCUT2D eigenvalue weighted by Gasteiger charge is -2.03. The summed E-state index contributed by atoms with van der Waals surface area (Å²) in [7, 11) is 0. The third kappa shape index (κ3) is 15.2. The van der Waals surface area contributed by atoms with Gasteiger partial charge >= 0.3 is 0 Å². The Labute approximate surface area is 124 Å². The van der Waals surface area contributed by atoms with E-state index in [2.05, 4.69) is 12.2 Å². The highest BCUT2D eigenvalue weighted by atomic mass is 16.2. The van der Waals surface area contributed by atoms with Gasteiger partial charge in [0.2, 0.25) is 5.91 Å². The van der Waals surface area contributed by atoms with E-state index < -0.39 is 0 Å². The van der Waals surface area contributed by atoms with Crippen molar-refractivity contribution in [2.24, 2.45) is 0 Å². The normalized spacial score (nSPS) is 10.5. The lowest BCUT2D eigenvalue weighted by atomic mass is 10.1. The number of amides is 1. The average molecular weight is 283 g/mol. The molecule has 0 aliphatic carbocycles. The van der Waals surface area contributed by atoms with E-state index in [0.29, 0.717) is 6.42 Å². The first-order chi connectivity index (χ1) is 9.66. The van der Waals surface area contributed by atoms with Gasteiger partial charge in [-0.25, -0.2) is 0 Å². The van der Waals surface area contributed by atoms with Crippen LogP contribution in [0.5, 0.6) is 0 Å². The van der Waals surface area contributed by atoms with E-state index in [9.17, 15) is 9.59 Å². The third-order valence-electron chi connectivity index (χ3n) is 3.54. The molecule has 3 heteroatoms. The lowest BCUT2D eigenvalue weighted by Crippen LogP contribution is -2.27. The van der Waals surface area contributed by atoms with E-state index in [4.69, 9.17) is 0 Å². The van der Waals surface area contributed by atoms with Crippen LogP contribution in [0.15, 0.2) is 0 Å². The van der Waals surface area contributed by atoms with Crippen molar-refractivity contribution in [3.8, 4) is 0 Å². The highest BCUT2D eigenvalue weighted by Crippen LogP contribution is 2.11. The van der Waals surface area contributed by atoms with Gasteiger partial charge < -0.3 is 5.32 Å². The molecule has 0 saturated heterocycles. The molecule has 1 N–H and O–H groups in total. The fraction of sp³-hybridized carbons (Fsp3) is 0.882. The Balaban J connectivity index is 3.12. The van der Waals surface area contributed by atoms with Gasteiger partial charge in [-0.1, -0.05) is 71.1 Å². The quantitative estimate of drug-likeness (QED) is 0.480. The largest absolute Gasteiger partial charge is 0.349 e. The summed E-state index contributed by atoms with van der Waals surface area (Å²) in [6, 6.07) is 0. The fourth-order valence-corrected chi connectivity index (χ4v) is 2.26. The smallest absolute Gasteiger partial charge is 0.220 e. The number of unbranched alkanes of at least 4 members (excludes halogenated alkanes) is 10. The molecular formula is C17H33NO2. The van der Waals surface area contributed by atoms with Gasteiger partial charge in [-0.05, 0) is 13.3 Å². The summed E-state index contributed by atoms with van der Waals surface area (Å²) < 4.78 is 0. The van der Waals surface area contributed by atoms with Crippen LogP contribution in [0.1, 0.15) is 90.9 Å². The van der Waals surface area contributed by atoms with E-state index in [-0.39, 0.29) is 18.2 Å². The summed E-state index contributed by atoms with van der Waals surface area (Å²) in [6.45, 7) is 3.92. The van der Waals surface area contributed by atoms with Crippen LogP contribution in [-0.4, -0.2) is 18.2 Å². The van der Waals surface area contributed by atoms with E-state index in [1.54, 1.807) is 0 Å². The van der Waals surface area contributed by atoms with Crippen molar-refractivity contribution in [2.45, 2.75) is 90.9 Å². The van der Waals surface area contributed by atoms with Gasteiger partial charge in [0.15, 0.2) is 0 Å². The van der Waals surface area contributed by atoms with E-state index in [1.165, 1.54) is 64.7 Å². The zero-order chi connectivity index (χ0) is 15.1. The Bertz CT molecular complexity index is 251. The summed E-state index contributed by atoms with van der Waals surface area (Å²) >= 11 is 0. The Hall–Kier alpha value is -0.860. The highest BCUT2D eigenvalue weighted by Gasteiger charge is 2.01. The summed E-state index contributed by atoms with van der Waals surface area (Å²) in [5.41, 5.74) is 0. The van der Waals surface area contributed by atoms with Crippen LogP contribution in [0.25, 0.3) is 0 Å². The molecule has 0 rings (SSSR count). The van der Waals surface area contributed by atoms with E-state index in [1.807, 2.05) is 0 Å². The number of carbonyl (C=O) groups excluding carboxylic acids is 2. The Kier molecular flexibility index (Phi) is 13.9. The Morgan fingerprint density at radius 3 is 1.65 bits per heavy atom. The molecule has 118 valence electrons. The fourth-order valence-electron chi connectivity index (χ4n) is 2.26. The maximum absolute atomic E-state index is 11.3. The number of carbonyl (C=O) groups is 2. The molecule has 0 aromatic rings. The minimum Gasteiger partial charge on any atom is -0.349 e.